The van der Waals surface area contributed by atoms with Crippen LogP contribution < -0.4 is 5.32 Å². The Labute approximate surface area is 114 Å². The molecule has 4 nitrogen and oxygen atoms in total. The number of aromatic nitrogens is 2. The summed E-state index contributed by atoms with van der Waals surface area (Å²) in [4.78, 5) is 20.3. The van der Waals surface area contributed by atoms with Crippen molar-refractivity contribution in [1.29, 1.82) is 0 Å². The average Bonchev–Trinajstić information content (AvgIpc) is 2.38. The molecule has 18 heavy (non-hydrogen) atoms. The minimum absolute atomic E-state index is 0.126. The van der Waals surface area contributed by atoms with Crippen molar-refractivity contribution >= 4 is 35.1 Å². The first-order chi connectivity index (χ1) is 8.74. The van der Waals surface area contributed by atoms with Gasteiger partial charge in [0.2, 0.25) is 5.91 Å². The zero-order chi connectivity index (χ0) is 12.8. The Hall–Kier alpha value is -1.59. The summed E-state index contributed by atoms with van der Waals surface area (Å²) in [5.74, 6) is 0.610. The van der Waals surface area contributed by atoms with Crippen LogP contribution in [0, 0.1) is 0 Å². The lowest BCUT2D eigenvalue weighted by Crippen LogP contribution is -2.15. The van der Waals surface area contributed by atoms with Crippen molar-refractivity contribution in [2.24, 2.45) is 0 Å². The number of nitrogens with zero attached hydrogens (tertiary/aromatic N) is 2. The van der Waals surface area contributed by atoms with Crippen LogP contribution in [0.3, 0.4) is 0 Å². The van der Waals surface area contributed by atoms with Gasteiger partial charge in [-0.15, -0.1) is 11.8 Å². The Morgan fingerprint density at radius 1 is 1.28 bits per heavy atom. The summed E-state index contributed by atoms with van der Waals surface area (Å²) in [7, 11) is 0. The lowest BCUT2D eigenvalue weighted by molar-refractivity contribution is -0.113. The Morgan fingerprint density at radius 2 is 2.06 bits per heavy atom. The summed E-state index contributed by atoms with van der Waals surface area (Å²) < 4.78 is 0. The molecule has 0 fully saturated rings. The van der Waals surface area contributed by atoms with Crippen molar-refractivity contribution in [2.45, 2.75) is 4.90 Å². The molecule has 1 heterocycles. The van der Waals surface area contributed by atoms with Crippen LogP contribution in [0.25, 0.3) is 0 Å². The van der Waals surface area contributed by atoms with E-state index in [4.69, 9.17) is 11.6 Å². The quantitative estimate of drug-likeness (QED) is 0.691. The molecule has 1 aromatic heterocycles. The summed E-state index contributed by atoms with van der Waals surface area (Å²) in [6.45, 7) is 0. The van der Waals surface area contributed by atoms with E-state index in [2.05, 4.69) is 15.3 Å². The van der Waals surface area contributed by atoms with Crippen molar-refractivity contribution in [3.63, 3.8) is 0 Å². The van der Waals surface area contributed by atoms with Gasteiger partial charge in [-0.25, -0.2) is 9.97 Å². The number of hydrogen-bond acceptors (Lipinski definition) is 4. The second kappa shape index (κ2) is 6.37. The summed E-state index contributed by atoms with van der Waals surface area (Å²) >= 11 is 7.16. The topological polar surface area (TPSA) is 54.9 Å². The van der Waals surface area contributed by atoms with Crippen LogP contribution in [-0.4, -0.2) is 21.6 Å². The van der Waals surface area contributed by atoms with Gasteiger partial charge in [0.15, 0.2) is 0 Å². The van der Waals surface area contributed by atoms with Gasteiger partial charge in [-0.05, 0) is 12.1 Å². The van der Waals surface area contributed by atoms with Crippen molar-refractivity contribution in [3.8, 4) is 0 Å². The van der Waals surface area contributed by atoms with Gasteiger partial charge >= 0.3 is 0 Å². The molecular weight excluding hydrogens is 270 g/mol. The van der Waals surface area contributed by atoms with E-state index in [1.807, 2.05) is 30.3 Å². The van der Waals surface area contributed by atoms with Crippen LogP contribution in [0.5, 0.6) is 0 Å². The maximum Gasteiger partial charge on any atom is 0.235 e. The van der Waals surface area contributed by atoms with Crippen LogP contribution in [0.2, 0.25) is 5.15 Å². The van der Waals surface area contributed by atoms with Crippen LogP contribution in [0.1, 0.15) is 0 Å². The molecule has 0 aliphatic carbocycles. The summed E-state index contributed by atoms with van der Waals surface area (Å²) in [5.41, 5.74) is 0. The van der Waals surface area contributed by atoms with Gasteiger partial charge in [0.25, 0.3) is 0 Å². The smallest absolute Gasteiger partial charge is 0.235 e. The monoisotopic (exact) mass is 279 g/mol. The van der Waals surface area contributed by atoms with Crippen molar-refractivity contribution < 1.29 is 4.79 Å². The highest BCUT2D eigenvalue weighted by molar-refractivity contribution is 8.00. The summed E-state index contributed by atoms with van der Waals surface area (Å²) in [5, 5.41) is 2.96. The molecule has 0 aliphatic heterocycles. The molecule has 0 aliphatic rings. The minimum Gasteiger partial charge on any atom is -0.310 e. The SMILES string of the molecule is O=C(CSc1ccccc1)Nc1cc(Cl)ncn1. The minimum atomic E-state index is -0.126. The Kier molecular flexibility index (Phi) is 4.55. The van der Waals surface area contributed by atoms with Crippen molar-refractivity contribution in [3.05, 3.63) is 47.9 Å². The van der Waals surface area contributed by atoms with E-state index in [1.165, 1.54) is 24.2 Å². The third-order valence-corrected chi connectivity index (χ3v) is 3.23. The first-order valence-electron chi connectivity index (χ1n) is 5.19. The first-order valence-corrected chi connectivity index (χ1v) is 6.55. The first kappa shape index (κ1) is 12.9. The fourth-order valence-electron chi connectivity index (χ4n) is 1.25. The van der Waals surface area contributed by atoms with Gasteiger partial charge in [0.1, 0.15) is 17.3 Å². The van der Waals surface area contributed by atoms with Crippen LogP contribution in [0.4, 0.5) is 5.82 Å². The van der Waals surface area contributed by atoms with E-state index in [9.17, 15) is 4.79 Å². The number of carbonyl (C=O) groups excluding carboxylic acids is 1. The lowest BCUT2D eigenvalue weighted by Gasteiger charge is -2.04. The number of carbonyl (C=O) groups is 1. The maximum atomic E-state index is 11.7. The second-order valence-corrected chi connectivity index (χ2v) is 4.81. The van der Waals surface area contributed by atoms with E-state index in [0.29, 0.717) is 16.7 Å². The predicted molar refractivity (Wildman–Crippen MR) is 72.8 cm³/mol. The number of hydrogen-bond donors (Lipinski definition) is 1. The van der Waals surface area contributed by atoms with Gasteiger partial charge in [-0.1, -0.05) is 29.8 Å². The molecule has 0 radical (unpaired) electrons. The third-order valence-electron chi connectivity index (χ3n) is 2.01. The van der Waals surface area contributed by atoms with Gasteiger partial charge < -0.3 is 5.32 Å². The fourth-order valence-corrected chi connectivity index (χ4v) is 2.11. The zero-order valence-electron chi connectivity index (χ0n) is 9.34. The molecule has 1 N–H and O–H groups in total. The van der Waals surface area contributed by atoms with Crippen molar-refractivity contribution in [1.82, 2.24) is 9.97 Å². The number of rotatable bonds is 4. The zero-order valence-corrected chi connectivity index (χ0v) is 10.9. The maximum absolute atomic E-state index is 11.7. The number of benzene rings is 1. The van der Waals surface area contributed by atoms with Gasteiger partial charge in [-0.3, -0.25) is 4.79 Å². The number of amides is 1. The van der Waals surface area contributed by atoms with E-state index in [1.54, 1.807) is 0 Å². The second-order valence-electron chi connectivity index (χ2n) is 3.38. The molecule has 0 spiro atoms. The largest absolute Gasteiger partial charge is 0.310 e. The molecule has 1 amide bonds. The highest BCUT2D eigenvalue weighted by Gasteiger charge is 2.04. The molecule has 92 valence electrons. The van der Waals surface area contributed by atoms with Gasteiger partial charge in [0, 0.05) is 11.0 Å². The lowest BCUT2D eigenvalue weighted by atomic mass is 10.4. The Bertz CT molecular complexity index is 536. The van der Waals surface area contributed by atoms with E-state index < -0.39 is 0 Å². The molecule has 2 rings (SSSR count). The van der Waals surface area contributed by atoms with Crippen LogP contribution in [0.15, 0.2) is 47.6 Å². The van der Waals surface area contributed by atoms with Crippen LogP contribution in [-0.2, 0) is 4.79 Å². The predicted octanol–water partition coefficient (Wildman–Crippen LogP) is 2.86. The summed E-state index contributed by atoms with van der Waals surface area (Å²) in [6, 6.07) is 11.2. The number of halogens is 1. The van der Waals surface area contributed by atoms with Gasteiger partial charge in [0.05, 0.1) is 5.75 Å². The molecular formula is C12H10ClN3OS. The molecule has 0 saturated heterocycles. The molecule has 2 aromatic rings. The normalized spacial score (nSPS) is 10.1. The molecule has 0 saturated carbocycles. The van der Waals surface area contributed by atoms with Gasteiger partial charge in [-0.2, -0.15) is 0 Å². The van der Waals surface area contributed by atoms with E-state index >= 15 is 0 Å². The highest BCUT2D eigenvalue weighted by Crippen LogP contribution is 2.17. The van der Waals surface area contributed by atoms with Crippen molar-refractivity contribution in [2.75, 3.05) is 11.1 Å². The van der Waals surface area contributed by atoms with E-state index in [-0.39, 0.29) is 5.91 Å². The van der Waals surface area contributed by atoms with Crippen LogP contribution >= 0.6 is 23.4 Å². The number of nitrogens with one attached hydrogen (secondary N) is 1. The molecule has 1 aromatic carbocycles. The Balaban J connectivity index is 1.86. The average molecular weight is 280 g/mol. The number of thioether (sulfide) groups is 1. The molecule has 0 bridgehead atoms. The highest BCUT2D eigenvalue weighted by atomic mass is 35.5. The summed E-state index contributed by atoms with van der Waals surface area (Å²) in [6.07, 6.45) is 1.31. The third kappa shape index (κ3) is 4.01. The molecule has 0 atom stereocenters. The van der Waals surface area contributed by atoms with E-state index in [0.717, 1.165) is 4.90 Å². The molecule has 6 heteroatoms. The standard InChI is InChI=1S/C12H10ClN3OS/c13-10-6-11(15-8-14-10)16-12(17)7-18-9-4-2-1-3-5-9/h1-6,8H,7H2,(H,14,15,16,17). The molecule has 0 unspecified atom stereocenters. The number of anilines is 1. The Morgan fingerprint density at radius 3 is 2.78 bits per heavy atom. The fraction of sp³-hybridized carbons (Fsp3) is 0.0833.